The molecule has 4 aromatic rings. The van der Waals surface area contributed by atoms with Crippen LogP contribution in [0.3, 0.4) is 0 Å². The number of nitrogen functional groups attached to an aromatic ring is 2. The van der Waals surface area contributed by atoms with Crippen molar-refractivity contribution in [3.63, 3.8) is 0 Å². The molecular weight excluding hydrogens is 486 g/mol. The van der Waals surface area contributed by atoms with Gasteiger partial charge in [-0.3, -0.25) is 0 Å². The molecule has 0 aliphatic rings. The molecule has 0 saturated carbocycles. The summed E-state index contributed by atoms with van der Waals surface area (Å²) in [4.78, 5) is 0. The molecule has 0 spiro atoms. The Balaban J connectivity index is 1.52. The number of alkyl halides is 6. The zero-order valence-corrected chi connectivity index (χ0v) is 18.3. The molecule has 4 aromatic carbocycles. The lowest BCUT2D eigenvalue weighted by Gasteiger charge is -2.16. The van der Waals surface area contributed by atoms with E-state index in [4.69, 9.17) is 20.9 Å². The normalized spacial score (nSPS) is 11.8. The quantitative estimate of drug-likeness (QED) is 0.213. The number of halogens is 6. The van der Waals surface area contributed by atoms with Crippen molar-refractivity contribution in [2.24, 2.45) is 0 Å². The van der Waals surface area contributed by atoms with E-state index in [2.05, 4.69) is 0 Å². The van der Waals surface area contributed by atoms with Crippen molar-refractivity contribution in [1.29, 1.82) is 0 Å². The molecule has 10 heteroatoms. The molecule has 4 N–H and O–H groups in total. The third-order valence-corrected chi connectivity index (χ3v) is 5.18. The second-order valence-electron chi connectivity index (χ2n) is 7.69. The molecule has 4 rings (SSSR count). The second-order valence-corrected chi connectivity index (χ2v) is 7.69. The van der Waals surface area contributed by atoms with Gasteiger partial charge in [0.25, 0.3) is 0 Å². The summed E-state index contributed by atoms with van der Waals surface area (Å²) in [7, 11) is 0. The molecule has 0 aliphatic carbocycles. The maximum atomic E-state index is 13.3. The van der Waals surface area contributed by atoms with Gasteiger partial charge in [0.2, 0.25) is 0 Å². The number of rotatable bonds is 5. The number of nitrogens with two attached hydrogens (primary N) is 2. The Morgan fingerprint density at radius 3 is 1.11 bits per heavy atom. The molecule has 36 heavy (non-hydrogen) atoms. The van der Waals surface area contributed by atoms with E-state index in [1.165, 1.54) is 48.5 Å². The standard InChI is InChI=1S/C26H18F6N2O2/c27-25(28,29)23-19(33)3-1-5-21(23)35-17-11-7-15(8-12-17)16-9-13-18(14-10-16)36-22-6-2-4-20(34)24(22)26(30,31)32/h1-14H,33-34H2. The predicted molar refractivity (Wildman–Crippen MR) is 124 cm³/mol. The van der Waals surface area contributed by atoms with Crippen molar-refractivity contribution in [2.45, 2.75) is 12.4 Å². The molecule has 0 heterocycles. The highest BCUT2D eigenvalue weighted by Gasteiger charge is 2.37. The van der Waals surface area contributed by atoms with Crippen LogP contribution in [0.5, 0.6) is 23.0 Å². The van der Waals surface area contributed by atoms with Gasteiger partial charge in [0.15, 0.2) is 0 Å². The van der Waals surface area contributed by atoms with Gasteiger partial charge in [0, 0.05) is 11.4 Å². The monoisotopic (exact) mass is 504 g/mol. The fraction of sp³-hybridized carbons (Fsp3) is 0.0769. The SMILES string of the molecule is Nc1cccc(Oc2ccc(-c3ccc(Oc4cccc(N)c4C(F)(F)F)cc3)cc2)c1C(F)(F)F. The second kappa shape index (κ2) is 9.37. The van der Waals surface area contributed by atoms with Crippen LogP contribution >= 0.6 is 0 Å². The first-order valence-corrected chi connectivity index (χ1v) is 10.4. The Morgan fingerprint density at radius 1 is 0.472 bits per heavy atom. The van der Waals surface area contributed by atoms with Crippen LogP contribution < -0.4 is 20.9 Å². The van der Waals surface area contributed by atoms with Crippen LogP contribution in [0.25, 0.3) is 11.1 Å². The van der Waals surface area contributed by atoms with E-state index >= 15 is 0 Å². The molecule has 0 radical (unpaired) electrons. The lowest BCUT2D eigenvalue weighted by atomic mass is 10.1. The first kappa shape index (κ1) is 24.8. The molecule has 0 amide bonds. The van der Waals surface area contributed by atoms with E-state index in [1.54, 1.807) is 24.3 Å². The van der Waals surface area contributed by atoms with Crippen LogP contribution in [-0.4, -0.2) is 0 Å². The molecule has 0 atom stereocenters. The molecule has 0 aliphatic heterocycles. The van der Waals surface area contributed by atoms with Gasteiger partial charge in [0.05, 0.1) is 0 Å². The van der Waals surface area contributed by atoms with E-state index in [9.17, 15) is 26.3 Å². The van der Waals surface area contributed by atoms with Crippen LogP contribution in [-0.2, 0) is 12.4 Å². The molecule has 186 valence electrons. The third-order valence-electron chi connectivity index (χ3n) is 5.18. The van der Waals surface area contributed by atoms with Gasteiger partial charge < -0.3 is 20.9 Å². The summed E-state index contributed by atoms with van der Waals surface area (Å²) >= 11 is 0. The van der Waals surface area contributed by atoms with Crippen LogP contribution in [0.2, 0.25) is 0 Å². The lowest BCUT2D eigenvalue weighted by Crippen LogP contribution is -2.10. The van der Waals surface area contributed by atoms with Crippen molar-refractivity contribution in [3.8, 4) is 34.1 Å². The minimum absolute atomic E-state index is 0.163. The summed E-state index contributed by atoms with van der Waals surface area (Å²) in [5, 5.41) is 0. The van der Waals surface area contributed by atoms with E-state index in [-0.39, 0.29) is 11.5 Å². The minimum Gasteiger partial charge on any atom is -0.457 e. The zero-order valence-electron chi connectivity index (χ0n) is 18.3. The highest BCUT2D eigenvalue weighted by molar-refractivity contribution is 5.66. The molecule has 0 bridgehead atoms. The van der Waals surface area contributed by atoms with Gasteiger partial charge in [-0.15, -0.1) is 0 Å². The van der Waals surface area contributed by atoms with Crippen LogP contribution in [0.4, 0.5) is 37.7 Å². The Kier molecular flexibility index (Phi) is 6.45. The number of hydrogen-bond donors (Lipinski definition) is 2. The Morgan fingerprint density at radius 2 is 0.806 bits per heavy atom. The average Bonchev–Trinajstić information content (AvgIpc) is 2.78. The maximum absolute atomic E-state index is 13.3. The van der Waals surface area contributed by atoms with Crippen LogP contribution in [0, 0.1) is 0 Å². The Bertz CT molecular complexity index is 1260. The van der Waals surface area contributed by atoms with Crippen molar-refractivity contribution < 1.29 is 35.8 Å². The van der Waals surface area contributed by atoms with Gasteiger partial charge in [0.1, 0.15) is 34.1 Å². The van der Waals surface area contributed by atoms with Crippen LogP contribution in [0.15, 0.2) is 84.9 Å². The number of ether oxygens (including phenoxy) is 2. The molecule has 0 fully saturated rings. The highest BCUT2D eigenvalue weighted by atomic mass is 19.4. The smallest absolute Gasteiger partial charge is 0.421 e. The van der Waals surface area contributed by atoms with E-state index in [0.29, 0.717) is 11.1 Å². The summed E-state index contributed by atoms with van der Waals surface area (Å²) < 4.78 is 90.9. The summed E-state index contributed by atoms with van der Waals surface area (Å²) in [5.41, 5.74) is 9.35. The van der Waals surface area contributed by atoms with Gasteiger partial charge in [-0.05, 0) is 59.7 Å². The number of hydrogen-bond acceptors (Lipinski definition) is 4. The molecule has 4 nitrogen and oxygen atoms in total. The zero-order chi connectivity index (χ0) is 26.1. The van der Waals surface area contributed by atoms with Gasteiger partial charge >= 0.3 is 12.4 Å². The summed E-state index contributed by atoms with van der Waals surface area (Å²) in [6, 6.07) is 19.8. The van der Waals surface area contributed by atoms with Gasteiger partial charge in [-0.1, -0.05) is 36.4 Å². The van der Waals surface area contributed by atoms with E-state index in [1.807, 2.05) is 0 Å². The molecule has 0 aromatic heterocycles. The van der Waals surface area contributed by atoms with Crippen molar-refractivity contribution >= 4 is 11.4 Å². The fourth-order valence-electron chi connectivity index (χ4n) is 3.56. The third kappa shape index (κ3) is 5.32. The van der Waals surface area contributed by atoms with Gasteiger partial charge in [-0.2, -0.15) is 26.3 Å². The largest absolute Gasteiger partial charge is 0.457 e. The number of benzene rings is 4. The van der Waals surface area contributed by atoms with E-state index in [0.717, 1.165) is 12.1 Å². The summed E-state index contributed by atoms with van der Waals surface area (Å²) in [6.45, 7) is 0. The Labute approximate surface area is 201 Å². The number of anilines is 2. The Hall–Kier alpha value is -4.34. The van der Waals surface area contributed by atoms with Gasteiger partial charge in [-0.25, -0.2) is 0 Å². The van der Waals surface area contributed by atoms with E-state index < -0.39 is 46.4 Å². The average molecular weight is 504 g/mol. The first-order chi connectivity index (χ1) is 16.9. The molecule has 0 unspecified atom stereocenters. The van der Waals surface area contributed by atoms with Crippen LogP contribution in [0.1, 0.15) is 11.1 Å². The fourth-order valence-corrected chi connectivity index (χ4v) is 3.56. The minimum atomic E-state index is -4.68. The highest BCUT2D eigenvalue weighted by Crippen LogP contribution is 2.43. The summed E-state index contributed by atoms with van der Waals surface area (Å²) in [5.74, 6) is -0.514. The lowest BCUT2D eigenvalue weighted by molar-refractivity contribution is -0.138. The van der Waals surface area contributed by atoms with Crippen molar-refractivity contribution in [2.75, 3.05) is 11.5 Å². The molecular formula is C26H18F6N2O2. The topological polar surface area (TPSA) is 70.5 Å². The summed E-state index contributed by atoms with van der Waals surface area (Å²) in [6.07, 6.45) is -9.37. The maximum Gasteiger partial charge on any atom is 0.421 e. The van der Waals surface area contributed by atoms with Crippen molar-refractivity contribution in [1.82, 2.24) is 0 Å². The van der Waals surface area contributed by atoms with Crippen molar-refractivity contribution in [3.05, 3.63) is 96.1 Å². The predicted octanol–water partition coefficient (Wildman–Crippen LogP) is 8.14. The first-order valence-electron chi connectivity index (χ1n) is 10.4. The molecule has 0 saturated heterocycles.